The number of nitrogens with zero attached hydrogens (tertiary/aromatic N) is 5. The Hall–Kier alpha value is -3.98. The average molecular weight is 427 g/mol. The minimum absolute atomic E-state index is 0.231. The van der Waals surface area contributed by atoms with Gasteiger partial charge in [-0.05, 0) is 47.0 Å². The zero-order valence-corrected chi connectivity index (χ0v) is 17.0. The number of aryl methyl sites for hydroxylation is 1. The quantitative estimate of drug-likeness (QED) is 0.408. The Labute approximate surface area is 179 Å². The molecule has 31 heavy (non-hydrogen) atoms. The van der Waals surface area contributed by atoms with Crippen LogP contribution in [0.1, 0.15) is 5.56 Å². The van der Waals surface area contributed by atoms with Crippen LogP contribution in [-0.2, 0) is 0 Å². The van der Waals surface area contributed by atoms with E-state index in [1.807, 2.05) is 30.5 Å². The molecule has 0 fully saturated rings. The van der Waals surface area contributed by atoms with Gasteiger partial charge < -0.3 is 4.98 Å². The van der Waals surface area contributed by atoms with Gasteiger partial charge in [0.1, 0.15) is 11.4 Å². The molecule has 0 aliphatic carbocycles. The molecule has 150 valence electrons. The van der Waals surface area contributed by atoms with Gasteiger partial charge in [-0.3, -0.25) is 15.1 Å². The van der Waals surface area contributed by atoms with Crippen molar-refractivity contribution < 1.29 is 4.39 Å². The van der Waals surface area contributed by atoms with E-state index in [0.29, 0.717) is 33.6 Å². The highest BCUT2D eigenvalue weighted by atomic mass is 32.1. The number of pyridine rings is 3. The number of hydrogen-bond donors (Lipinski definition) is 2. The Kier molecular flexibility index (Phi) is 3.90. The largest absolute Gasteiger partial charge is 0.335 e. The first kappa shape index (κ1) is 17.8. The molecule has 0 aliphatic heterocycles. The van der Waals surface area contributed by atoms with E-state index in [4.69, 9.17) is 0 Å². The van der Waals surface area contributed by atoms with Crippen LogP contribution in [0.4, 0.5) is 4.39 Å². The molecule has 0 bridgehead atoms. The van der Waals surface area contributed by atoms with Crippen LogP contribution in [0.15, 0.2) is 53.7 Å². The number of imidazole rings is 1. The molecule has 6 aromatic heterocycles. The number of halogens is 1. The van der Waals surface area contributed by atoms with Gasteiger partial charge in [-0.15, -0.1) is 0 Å². The van der Waals surface area contributed by atoms with Gasteiger partial charge in [0.2, 0.25) is 0 Å². The normalized spacial score (nSPS) is 11.5. The molecular formula is C22H14FN7S. The standard InChI is InChI=1S/C22H14FN7S/c1-11-2-5-24-8-14(11)18-17(23)16-15(9-26-18)29-30-20(16)22-27-19-13(12-4-7-31-10-12)3-6-25-21(19)28-22/h2-10H,1H3,(H,29,30)(H,25,27,28). The Morgan fingerprint density at radius 2 is 1.94 bits per heavy atom. The summed E-state index contributed by atoms with van der Waals surface area (Å²) in [5.41, 5.74) is 6.02. The van der Waals surface area contributed by atoms with Crippen molar-refractivity contribution in [2.75, 3.05) is 0 Å². The molecule has 0 unspecified atom stereocenters. The molecule has 6 heterocycles. The molecule has 0 atom stereocenters. The van der Waals surface area contributed by atoms with Gasteiger partial charge >= 0.3 is 0 Å². The van der Waals surface area contributed by atoms with Gasteiger partial charge in [0.15, 0.2) is 17.3 Å². The fourth-order valence-electron chi connectivity index (χ4n) is 3.73. The monoisotopic (exact) mass is 427 g/mol. The van der Waals surface area contributed by atoms with Crippen LogP contribution < -0.4 is 0 Å². The van der Waals surface area contributed by atoms with Gasteiger partial charge in [-0.25, -0.2) is 14.4 Å². The number of fused-ring (bicyclic) bond motifs is 2. The van der Waals surface area contributed by atoms with Gasteiger partial charge in [-0.1, -0.05) is 0 Å². The second-order valence-electron chi connectivity index (χ2n) is 7.13. The van der Waals surface area contributed by atoms with E-state index >= 15 is 4.39 Å². The number of rotatable bonds is 3. The molecular weight excluding hydrogens is 413 g/mol. The van der Waals surface area contributed by atoms with Crippen molar-refractivity contribution in [1.82, 2.24) is 35.1 Å². The van der Waals surface area contributed by atoms with Crippen LogP contribution in [0, 0.1) is 12.7 Å². The summed E-state index contributed by atoms with van der Waals surface area (Å²) >= 11 is 1.62. The summed E-state index contributed by atoms with van der Waals surface area (Å²) < 4.78 is 15.7. The van der Waals surface area contributed by atoms with E-state index < -0.39 is 5.82 Å². The number of nitrogens with one attached hydrogen (secondary N) is 2. The van der Waals surface area contributed by atoms with Crippen molar-refractivity contribution in [1.29, 1.82) is 0 Å². The third kappa shape index (κ3) is 2.74. The first-order valence-corrected chi connectivity index (χ1v) is 10.5. The third-order valence-corrected chi connectivity index (χ3v) is 5.97. The minimum atomic E-state index is -0.469. The van der Waals surface area contributed by atoms with E-state index in [2.05, 4.69) is 40.5 Å². The zero-order valence-electron chi connectivity index (χ0n) is 16.2. The van der Waals surface area contributed by atoms with E-state index in [-0.39, 0.29) is 5.69 Å². The van der Waals surface area contributed by atoms with Crippen LogP contribution in [0.2, 0.25) is 0 Å². The lowest BCUT2D eigenvalue weighted by Gasteiger charge is -2.06. The summed E-state index contributed by atoms with van der Waals surface area (Å²) in [6.07, 6.45) is 6.58. The van der Waals surface area contributed by atoms with E-state index in [1.165, 1.54) is 0 Å². The topological polar surface area (TPSA) is 96.0 Å². The first-order chi connectivity index (χ1) is 15.2. The van der Waals surface area contributed by atoms with E-state index in [9.17, 15) is 0 Å². The molecule has 0 aromatic carbocycles. The van der Waals surface area contributed by atoms with Crippen LogP contribution >= 0.6 is 11.3 Å². The predicted octanol–water partition coefficient (Wildman–Crippen LogP) is 5.13. The second-order valence-corrected chi connectivity index (χ2v) is 7.91. The van der Waals surface area contributed by atoms with Crippen molar-refractivity contribution in [3.05, 3.63) is 65.1 Å². The molecule has 6 aromatic rings. The van der Waals surface area contributed by atoms with Crippen LogP contribution in [-0.4, -0.2) is 35.1 Å². The highest BCUT2D eigenvalue weighted by Gasteiger charge is 2.22. The fourth-order valence-corrected chi connectivity index (χ4v) is 4.38. The Morgan fingerprint density at radius 1 is 1.00 bits per heavy atom. The minimum Gasteiger partial charge on any atom is -0.335 e. The lowest BCUT2D eigenvalue weighted by molar-refractivity contribution is 0.638. The van der Waals surface area contributed by atoms with Crippen molar-refractivity contribution in [3.63, 3.8) is 0 Å². The van der Waals surface area contributed by atoms with E-state index in [1.54, 1.807) is 36.1 Å². The van der Waals surface area contributed by atoms with Crippen LogP contribution in [0.25, 0.3) is 56.0 Å². The maximum Gasteiger partial charge on any atom is 0.178 e. The van der Waals surface area contributed by atoms with Crippen molar-refractivity contribution in [2.24, 2.45) is 0 Å². The average Bonchev–Trinajstić information content (AvgIpc) is 3.53. The summed E-state index contributed by atoms with van der Waals surface area (Å²) in [6.45, 7) is 1.90. The van der Waals surface area contributed by atoms with Crippen LogP contribution in [0.3, 0.4) is 0 Å². The highest BCUT2D eigenvalue weighted by molar-refractivity contribution is 7.08. The van der Waals surface area contributed by atoms with Gasteiger partial charge in [0.05, 0.1) is 22.6 Å². The maximum absolute atomic E-state index is 15.7. The van der Waals surface area contributed by atoms with Gasteiger partial charge in [0, 0.05) is 29.7 Å². The number of aromatic amines is 2. The molecule has 0 saturated heterocycles. The van der Waals surface area contributed by atoms with Gasteiger partial charge in [0.25, 0.3) is 0 Å². The lowest BCUT2D eigenvalue weighted by Crippen LogP contribution is -1.94. The van der Waals surface area contributed by atoms with Gasteiger partial charge in [-0.2, -0.15) is 16.4 Å². The summed E-state index contributed by atoms with van der Waals surface area (Å²) in [7, 11) is 0. The number of hydrogen-bond acceptors (Lipinski definition) is 6. The number of thiophene rings is 1. The molecule has 2 N–H and O–H groups in total. The van der Waals surface area contributed by atoms with E-state index in [0.717, 1.165) is 22.2 Å². The SMILES string of the molecule is Cc1ccncc1-c1ncc2[nH]nc(-c3nc4nccc(-c5ccsc5)c4[nH]3)c2c1F. The number of H-pyrrole nitrogens is 2. The predicted molar refractivity (Wildman–Crippen MR) is 118 cm³/mol. The molecule has 6 rings (SSSR count). The summed E-state index contributed by atoms with van der Waals surface area (Å²) in [5.74, 6) is -0.0285. The summed E-state index contributed by atoms with van der Waals surface area (Å²) in [5, 5.41) is 11.6. The molecule has 0 spiro atoms. The Bertz CT molecular complexity index is 1570. The summed E-state index contributed by atoms with van der Waals surface area (Å²) in [6, 6.07) is 5.80. The Balaban J connectivity index is 1.57. The van der Waals surface area contributed by atoms with Crippen molar-refractivity contribution in [2.45, 2.75) is 6.92 Å². The fraction of sp³-hybridized carbons (Fsp3) is 0.0455. The van der Waals surface area contributed by atoms with Crippen LogP contribution in [0.5, 0.6) is 0 Å². The van der Waals surface area contributed by atoms with Crippen molar-refractivity contribution >= 4 is 33.4 Å². The zero-order chi connectivity index (χ0) is 20.9. The molecule has 0 saturated carbocycles. The smallest absolute Gasteiger partial charge is 0.178 e. The molecule has 0 radical (unpaired) electrons. The molecule has 0 amide bonds. The second kappa shape index (κ2) is 6.78. The molecule has 9 heteroatoms. The first-order valence-electron chi connectivity index (χ1n) is 9.52. The summed E-state index contributed by atoms with van der Waals surface area (Å²) in [4.78, 5) is 20.7. The molecule has 0 aliphatic rings. The van der Waals surface area contributed by atoms with Crippen molar-refractivity contribution in [3.8, 4) is 33.9 Å². The third-order valence-electron chi connectivity index (χ3n) is 5.29. The number of aromatic nitrogens is 7. The Morgan fingerprint density at radius 3 is 2.77 bits per heavy atom. The maximum atomic E-state index is 15.7. The molecule has 7 nitrogen and oxygen atoms in total. The highest BCUT2D eigenvalue weighted by Crippen LogP contribution is 2.34. The lowest BCUT2D eigenvalue weighted by atomic mass is 10.1.